The highest BCUT2D eigenvalue weighted by Crippen LogP contribution is 2.27. The molecule has 1 saturated carbocycles. The van der Waals surface area contributed by atoms with Crippen LogP contribution < -0.4 is 15.8 Å². The Balaban J connectivity index is 1.57. The normalized spacial score (nSPS) is 18.4. The Morgan fingerprint density at radius 1 is 1.06 bits per heavy atom. The summed E-state index contributed by atoms with van der Waals surface area (Å²) < 4.78 is 34.0. The van der Waals surface area contributed by atoms with Crippen LogP contribution in [0.5, 0.6) is 5.75 Å². The number of carbonyl (C=O) groups excluding carboxylic acids is 1. The maximum atomic E-state index is 13.7. The number of nitrogens with two attached hydrogens (primary N) is 1. The van der Waals surface area contributed by atoms with Gasteiger partial charge in [0.25, 0.3) is 0 Å². The Bertz CT molecular complexity index is 1220. The van der Waals surface area contributed by atoms with Crippen molar-refractivity contribution in [3.05, 3.63) is 70.9 Å². The van der Waals surface area contributed by atoms with E-state index in [2.05, 4.69) is 5.32 Å². The number of amides is 1. The third kappa shape index (κ3) is 6.29. The monoisotopic (exact) mass is 513 g/mol. The second-order valence-electron chi connectivity index (χ2n) is 8.80. The molecule has 4 rings (SSSR count). The molecule has 0 saturated heterocycles. The van der Waals surface area contributed by atoms with Crippen molar-refractivity contribution in [2.24, 2.45) is 5.73 Å². The van der Waals surface area contributed by atoms with Crippen LogP contribution in [0.4, 0.5) is 0 Å². The van der Waals surface area contributed by atoms with Gasteiger partial charge in [-0.2, -0.15) is 15.6 Å². The van der Waals surface area contributed by atoms with Crippen LogP contribution in [0.1, 0.15) is 31.2 Å². The number of nitrogens with zero attached hydrogens (tertiary/aromatic N) is 1. The Kier molecular flexibility index (Phi) is 8.22. The van der Waals surface area contributed by atoms with Crippen molar-refractivity contribution in [2.45, 2.75) is 49.2 Å². The third-order valence-electron chi connectivity index (χ3n) is 6.34. The van der Waals surface area contributed by atoms with Crippen molar-refractivity contribution in [1.29, 1.82) is 0 Å². The van der Waals surface area contributed by atoms with Gasteiger partial charge in [-0.3, -0.25) is 4.79 Å². The fourth-order valence-corrected chi connectivity index (χ4v) is 6.38. The summed E-state index contributed by atoms with van der Waals surface area (Å²) in [6, 6.07) is 16.2. The predicted molar refractivity (Wildman–Crippen MR) is 139 cm³/mol. The zero-order valence-corrected chi connectivity index (χ0v) is 21.4. The fraction of sp³-hybridized carbons (Fsp3) is 0.346. The SMILES string of the molecule is COc1ccccc1CN(CC(=O)NC1CCC(N)CC1)S(=O)(=O)c1ccc(-c2ccsc2)cc1. The molecular weight excluding hydrogens is 482 g/mol. The standard InChI is InChI=1S/C26H31N3O4S2/c1-33-25-5-3-2-4-20(25)16-29(17-26(30)28-23-10-8-22(27)9-11-23)35(31,32)24-12-6-19(7-13-24)21-14-15-34-18-21/h2-7,12-15,18,22-23H,8-11,16-17,27H2,1H3,(H,28,30). The van der Waals surface area contributed by atoms with Crippen LogP contribution in [-0.4, -0.2) is 44.4 Å². The van der Waals surface area contributed by atoms with E-state index in [4.69, 9.17) is 10.5 Å². The molecule has 186 valence electrons. The van der Waals surface area contributed by atoms with E-state index in [1.807, 2.05) is 29.0 Å². The van der Waals surface area contributed by atoms with Gasteiger partial charge in [-0.05, 0) is 71.8 Å². The molecule has 0 radical (unpaired) electrons. The number of benzene rings is 2. The van der Waals surface area contributed by atoms with Gasteiger partial charge in [0.15, 0.2) is 0 Å². The number of methoxy groups -OCH3 is 1. The highest BCUT2D eigenvalue weighted by Gasteiger charge is 2.29. The minimum atomic E-state index is -3.95. The lowest BCUT2D eigenvalue weighted by Crippen LogP contribution is -2.46. The quantitative estimate of drug-likeness (QED) is 0.450. The minimum Gasteiger partial charge on any atom is -0.496 e. The molecule has 1 aliphatic carbocycles. The van der Waals surface area contributed by atoms with Gasteiger partial charge in [0.2, 0.25) is 15.9 Å². The van der Waals surface area contributed by atoms with E-state index in [0.29, 0.717) is 11.3 Å². The van der Waals surface area contributed by atoms with Crippen LogP contribution in [0.2, 0.25) is 0 Å². The topological polar surface area (TPSA) is 102 Å². The molecule has 35 heavy (non-hydrogen) atoms. The number of thiophene rings is 1. The summed E-state index contributed by atoms with van der Waals surface area (Å²) >= 11 is 1.59. The molecule has 1 heterocycles. The molecule has 2 aromatic carbocycles. The Labute approximate surface area is 211 Å². The van der Waals surface area contributed by atoms with Crippen molar-refractivity contribution in [3.63, 3.8) is 0 Å². The number of sulfonamides is 1. The van der Waals surface area contributed by atoms with Crippen LogP contribution >= 0.6 is 11.3 Å². The van der Waals surface area contributed by atoms with E-state index in [0.717, 1.165) is 36.8 Å². The Hall–Kier alpha value is -2.72. The van der Waals surface area contributed by atoms with Crippen LogP contribution in [0.25, 0.3) is 11.1 Å². The number of ether oxygens (including phenoxy) is 1. The zero-order chi connectivity index (χ0) is 24.8. The van der Waals surface area contributed by atoms with Crippen molar-refractivity contribution < 1.29 is 17.9 Å². The number of para-hydroxylation sites is 1. The number of nitrogens with one attached hydrogen (secondary N) is 1. The highest BCUT2D eigenvalue weighted by molar-refractivity contribution is 7.89. The molecule has 7 nitrogen and oxygen atoms in total. The first-order chi connectivity index (χ1) is 16.9. The summed E-state index contributed by atoms with van der Waals surface area (Å²) in [5.41, 5.74) is 8.64. The summed E-state index contributed by atoms with van der Waals surface area (Å²) in [6.45, 7) is -0.267. The maximum Gasteiger partial charge on any atom is 0.243 e. The largest absolute Gasteiger partial charge is 0.496 e. The van der Waals surface area contributed by atoms with E-state index in [-0.39, 0.29) is 36.0 Å². The molecule has 1 aliphatic rings. The lowest BCUT2D eigenvalue weighted by molar-refractivity contribution is -0.122. The summed E-state index contributed by atoms with van der Waals surface area (Å²) in [5.74, 6) is 0.251. The minimum absolute atomic E-state index is 0.0155. The number of rotatable bonds is 9. The van der Waals surface area contributed by atoms with Crippen LogP contribution in [0, 0.1) is 0 Å². The molecule has 3 aromatic rings. The van der Waals surface area contributed by atoms with Crippen molar-refractivity contribution in [2.75, 3.05) is 13.7 Å². The van der Waals surface area contributed by atoms with E-state index >= 15 is 0 Å². The van der Waals surface area contributed by atoms with Gasteiger partial charge in [-0.25, -0.2) is 8.42 Å². The van der Waals surface area contributed by atoms with Crippen molar-refractivity contribution in [1.82, 2.24) is 9.62 Å². The van der Waals surface area contributed by atoms with E-state index in [1.54, 1.807) is 54.8 Å². The Morgan fingerprint density at radius 3 is 2.43 bits per heavy atom. The second-order valence-corrected chi connectivity index (χ2v) is 11.5. The van der Waals surface area contributed by atoms with Gasteiger partial charge in [0.1, 0.15) is 5.75 Å². The second kappa shape index (κ2) is 11.3. The van der Waals surface area contributed by atoms with Crippen LogP contribution in [0.3, 0.4) is 0 Å². The fourth-order valence-electron chi connectivity index (χ4n) is 4.34. The van der Waals surface area contributed by atoms with Gasteiger partial charge < -0.3 is 15.8 Å². The van der Waals surface area contributed by atoms with Gasteiger partial charge in [0.05, 0.1) is 18.6 Å². The molecule has 9 heteroatoms. The summed E-state index contributed by atoms with van der Waals surface area (Å²) in [6.07, 6.45) is 3.31. The molecular formula is C26H31N3O4S2. The number of carbonyl (C=O) groups is 1. The van der Waals surface area contributed by atoms with Crippen molar-refractivity contribution >= 4 is 27.3 Å². The molecule has 0 atom stereocenters. The smallest absolute Gasteiger partial charge is 0.243 e. The average Bonchev–Trinajstić information content (AvgIpc) is 3.40. The summed E-state index contributed by atoms with van der Waals surface area (Å²) in [5, 5.41) is 7.00. The first-order valence-electron chi connectivity index (χ1n) is 11.7. The Morgan fingerprint density at radius 2 is 1.77 bits per heavy atom. The van der Waals surface area contributed by atoms with E-state index in [9.17, 15) is 13.2 Å². The molecule has 3 N–H and O–H groups in total. The zero-order valence-electron chi connectivity index (χ0n) is 19.7. The third-order valence-corrected chi connectivity index (χ3v) is 8.83. The lowest BCUT2D eigenvalue weighted by Gasteiger charge is -2.28. The maximum absolute atomic E-state index is 13.7. The van der Waals surface area contributed by atoms with Crippen LogP contribution in [0.15, 0.2) is 70.3 Å². The number of hydrogen-bond acceptors (Lipinski definition) is 6. The highest BCUT2D eigenvalue weighted by atomic mass is 32.2. The molecule has 0 bridgehead atoms. The van der Waals surface area contributed by atoms with Gasteiger partial charge in [-0.1, -0.05) is 30.3 Å². The lowest BCUT2D eigenvalue weighted by atomic mass is 9.92. The van der Waals surface area contributed by atoms with Gasteiger partial charge >= 0.3 is 0 Å². The van der Waals surface area contributed by atoms with E-state index in [1.165, 1.54) is 4.31 Å². The van der Waals surface area contributed by atoms with Gasteiger partial charge in [0, 0.05) is 24.2 Å². The molecule has 1 fully saturated rings. The summed E-state index contributed by atoms with van der Waals surface area (Å²) in [4.78, 5) is 13.1. The molecule has 0 unspecified atom stereocenters. The van der Waals surface area contributed by atoms with E-state index < -0.39 is 10.0 Å². The molecule has 0 spiro atoms. The molecule has 1 amide bonds. The van der Waals surface area contributed by atoms with Crippen LogP contribution in [-0.2, 0) is 21.4 Å². The first-order valence-corrected chi connectivity index (χ1v) is 14.0. The molecule has 1 aromatic heterocycles. The average molecular weight is 514 g/mol. The van der Waals surface area contributed by atoms with Gasteiger partial charge in [-0.15, -0.1) is 0 Å². The molecule has 0 aliphatic heterocycles. The van der Waals surface area contributed by atoms with Crippen molar-refractivity contribution in [3.8, 4) is 16.9 Å². The predicted octanol–water partition coefficient (Wildman–Crippen LogP) is 4.00. The number of hydrogen-bond donors (Lipinski definition) is 2. The summed E-state index contributed by atoms with van der Waals surface area (Å²) in [7, 11) is -2.41. The first kappa shape index (κ1) is 25.4.